The number of benzene rings is 3. The summed E-state index contributed by atoms with van der Waals surface area (Å²) < 4.78 is 51.9. The number of halogens is 5. The highest BCUT2D eigenvalue weighted by atomic mass is 35.5. The van der Waals surface area contributed by atoms with Gasteiger partial charge >= 0.3 is 6.18 Å². The highest BCUT2D eigenvalue weighted by molar-refractivity contribution is 6.30. The van der Waals surface area contributed by atoms with Crippen molar-refractivity contribution < 1.29 is 17.6 Å². The molecule has 0 saturated carbocycles. The minimum atomic E-state index is -4.21. The average molecular weight is 558 g/mol. The first-order valence-corrected chi connectivity index (χ1v) is 13.2. The monoisotopic (exact) mass is 557 g/mol. The zero-order valence-electron chi connectivity index (χ0n) is 21.1. The second kappa shape index (κ2) is 11.4. The summed E-state index contributed by atoms with van der Waals surface area (Å²) in [6.07, 6.45) is -2.50. The maximum atomic E-state index is 13.5. The summed E-state index contributed by atoms with van der Waals surface area (Å²) in [5, 5.41) is 4.88. The summed E-state index contributed by atoms with van der Waals surface area (Å²) in [6.45, 7) is -0.239. The molecular formula is C30H28ClF4N3O. The fourth-order valence-electron chi connectivity index (χ4n) is 5.30. The average Bonchev–Trinajstić information content (AvgIpc) is 2.89. The molecule has 0 radical (unpaired) electrons. The van der Waals surface area contributed by atoms with Crippen LogP contribution in [0.15, 0.2) is 77.6 Å². The molecule has 1 aliphatic rings. The minimum Gasteiger partial charge on any atom is -0.382 e. The molecule has 4 nitrogen and oxygen atoms in total. The lowest BCUT2D eigenvalue weighted by molar-refractivity contribution is -0.147. The number of rotatable bonds is 7. The molecule has 1 saturated heterocycles. The summed E-state index contributed by atoms with van der Waals surface area (Å²) >= 11 is 6.14. The molecular weight excluding hydrogens is 530 g/mol. The van der Waals surface area contributed by atoms with Crippen molar-refractivity contribution in [2.45, 2.75) is 37.4 Å². The van der Waals surface area contributed by atoms with Gasteiger partial charge < -0.3 is 10.3 Å². The Bertz CT molecular complexity index is 1480. The topological polar surface area (TPSA) is 48.1 Å². The SMILES string of the molecule is O=c1cc(NC2CCN(CC(F)(F)F)CC2)c2cc(C(Cc3ccc(F)cc3)c3ccc(Cl)cc3)ccc2[nH]1. The Morgan fingerprint density at radius 2 is 1.62 bits per heavy atom. The third-order valence-corrected chi connectivity index (χ3v) is 7.50. The number of hydrogen-bond acceptors (Lipinski definition) is 3. The van der Waals surface area contributed by atoms with Gasteiger partial charge in [0, 0.05) is 47.2 Å². The first-order valence-electron chi connectivity index (χ1n) is 12.9. The van der Waals surface area contributed by atoms with Crippen LogP contribution in [0.3, 0.4) is 0 Å². The number of nitrogens with zero attached hydrogens (tertiary/aromatic N) is 1. The largest absolute Gasteiger partial charge is 0.401 e. The summed E-state index contributed by atoms with van der Waals surface area (Å²) in [4.78, 5) is 16.7. The van der Waals surface area contributed by atoms with E-state index in [1.165, 1.54) is 23.1 Å². The molecule has 1 aromatic heterocycles. The first kappa shape index (κ1) is 27.2. The fourth-order valence-corrected chi connectivity index (χ4v) is 5.42. The lowest BCUT2D eigenvalue weighted by Gasteiger charge is -2.33. The van der Waals surface area contributed by atoms with Gasteiger partial charge in [-0.25, -0.2) is 4.39 Å². The van der Waals surface area contributed by atoms with Crippen molar-refractivity contribution in [1.82, 2.24) is 9.88 Å². The first-order chi connectivity index (χ1) is 18.6. The summed E-state index contributed by atoms with van der Waals surface area (Å²) in [7, 11) is 0. The Morgan fingerprint density at radius 1 is 0.949 bits per heavy atom. The van der Waals surface area contributed by atoms with Crippen LogP contribution in [-0.2, 0) is 6.42 Å². The van der Waals surface area contributed by atoms with E-state index in [-0.39, 0.29) is 23.3 Å². The standard InChI is InChI=1S/C30H28ClF4N3O/c31-22-6-3-20(4-7-22)25(15-19-1-8-23(32)9-2-19)21-5-10-27-26(16-21)28(17-29(39)37-27)36-24-11-13-38(14-12-24)18-30(33,34)35/h1-10,16-17,24-25H,11-15,18H2,(H2,36,37,39). The van der Waals surface area contributed by atoms with Crippen LogP contribution in [0.2, 0.25) is 5.02 Å². The zero-order chi connectivity index (χ0) is 27.6. The molecule has 2 N–H and O–H groups in total. The second-order valence-corrected chi connectivity index (χ2v) is 10.5. The predicted molar refractivity (Wildman–Crippen MR) is 147 cm³/mol. The van der Waals surface area contributed by atoms with Crippen LogP contribution in [0.1, 0.15) is 35.4 Å². The lowest BCUT2D eigenvalue weighted by atomic mass is 9.85. The molecule has 4 aromatic rings. The number of hydrogen-bond donors (Lipinski definition) is 2. The van der Waals surface area contributed by atoms with Gasteiger partial charge in [0.15, 0.2) is 0 Å². The number of pyridine rings is 1. The molecule has 39 heavy (non-hydrogen) atoms. The van der Waals surface area contributed by atoms with Gasteiger partial charge in [0.25, 0.3) is 0 Å². The van der Waals surface area contributed by atoms with E-state index < -0.39 is 12.7 Å². The Balaban J connectivity index is 1.45. The minimum absolute atomic E-state index is 0.0468. The number of anilines is 1. The molecule has 1 aliphatic heterocycles. The number of piperidine rings is 1. The van der Waals surface area contributed by atoms with E-state index in [1.54, 1.807) is 12.1 Å². The Morgan fingerprint density at radius 3 is 2.28 bits per heavy atom. The van der Waals surface area contributed by atoms with E-state index in [2.05, 4.69) is 10.3 Å². The van der Waals surface area contributed by atoms with Gasteiger partial charge in [-0.3, -0.25) is 9.69 Å². The van der Waals surface area contributed by atoms with Crippen LogP contribution in [-0.4, -0.2) is 41.7 Å². The Labute approximate surface area is 228 Å². The van der Waals surface area contributed by atoms with Crippen LogP contribution in [0.5, 0.6) is 0 Å². The molecule has 5 rings (SSSR count). The summed E-state index contributed by atoms with van der Waals surface area (Å²) in [5.74, 6) is -0.362. The summed E-state index contributed by atoms with van der Waals surface area (Å²) in [5.41, 5.74) is 4.08. The van der Waals surface area contributed by atoms with Crippen molar-refractivity contribution in [3.8, 4) is 0 Å². The van der Waals surface area contributed by atoms with Gasteiger partial charge in [0.2, 0.25) is 5.56 Å². The quantitative estimate of drug-likeness (QED) is 0.238. The predicted octanol–water partition coefficient (Wildman–Crippen LogP) is 7.13. The molecule has 9 heteroatoms. The van der Waals surface area contributed by atoms with E-state index >= 15 is 0 Å². The van der Waals surface area contributed by atoms with Crippen LogP contribution in [0.25, 0.3) is 10.9 Å². The number of H-pyrrole nitrogens is 1. The van der Waals surface area contributed by atoms with Crippen LogP contribution in [0, 0.1) is 5.82 Å². The highest BCUT2D eigenvalue weighted by Crippen LogP contribution is 2.33. The van der Waals surface area contributed by atoms with Crippen LogP contribution < -0.4 is 10.9 Å². The molecule has 2 heterocycles. The lowest BCUT2D eigenvalue weighted by Crippen LogP contribution is -2.43. The van der Waals surface area contributed by atoms with Gasteiger partial charge in [-0.2, -0.15) is 13.2 Å². The molecule has 0 spiro atoms. The number of aromatic amines is 1. The third kappa shape index (κ3) is 6.99. The zero-order valence-corrected chi connectivity index (χ0v) is 21.8. The van der Waals surface area contributed by atoms with Gasteiger partial charge in [-0.1, -0.05) is 41.9 Å². The van der Waals surface area contributed by atoms with Crippen LogP contribution >= 0.6 is 11.6 Å². The Hall–Kier alpha value is -3.36. The molecule has 3 aromatic carbocycles. The van der Waals surface area contributed by atoms with Crippen molar-refractivity contribution in [3.05, 3.63) is 111 Å². The van der Waals surface area contributed by atoms with Gasteiger partial charge in [0.1, 0.15) is 5.82 Å². The van der Waals surface area contributed by atoms with Crippen molar-refractivity contribution in [2.75, 3.05) is 25.0 Å². The smallest absolute Gasteiger partial charge is 0.382 e. The van der Waals surface area contributed by atoms with Crippen molar-refractivity contribution in [3.63, 3.8) is 0 Å². The molecule has 1 unspecified atom stereocenters. The number of likely N-dealkylation sites (tertiary alicyclic amines) is 1. The molecule has 204 valence electrons. The third-order valence-electron chi connectivity index (χ3n) is 7.25. The van der Waals surface area contributed by atoms with Gasteiger partial charge in [0.05, 0.1) is 12.1 Å². The van der Waals surface area contributed by atoms with E-state index in [4.69, 9.17) is 11.6 Å². The number of alkyl halides is 3. The van der Waals surface area contributed by atoms with E-state index in [0.29, 0.717) is 48.6 Å². The van der Waals surface area contributed by atoms with Gasteiger partial charge in [-0.15, -0.1) is 0 Å². The highest BCUT2D eigenvalue weighted by Gasteiger charge is 2.32. The number of fused-ring (bicyclic) bond motifs is 1. The van der Waals surface area contributed by atoms with E-state index in [9.17, 15) is 22.4 Å². The van der Waals surface area contributed by atoms with Crippen molar-refractivity contribution in [1.29, 1.82) is 0 Å². The number of aromatic nitrogens is 1. The summed E-state index contributed by atoms with van der Waals surface area (Å²) in [6, 6.07) is 21.4. The normalized spacial score (nSPS) is 15.9. The molecule has 0 amide bonds. The molecule has 0 bridgehead atoms. The number of nitrogens with one attached hydrogen (secondary N) is 2. The Kier molecular flexibility index (Phi) is 7.96. The fraction of sp³-hybridized carbons (Fsp3) is 0.300. The van der Waals surface area contributed by atoms with E-state index in [0.717, 1.165) is 22.1 Å². The molecule has 1 fully saturated rings. The maximum Gasteiger partial charge on any atom is 0.401 e. The molecule has 1 atom stereocenters. The second-order valence-electron chi connectivity index (χ2n) is 10.1. The van der Waals surface area contributed by atoms with Gasteiger partial charge in [-0.05, 0) is 72.4 Å². The van der Waals surface area contributed by atoms with Crippen LogP contribution in [0.4, 0.5) is 23.2 Å². The van der Waals surface area contributed by atoms with E-state index in [1.807, 2.05) is 42.5 Å². The molecule has 0 aliphatic carbocycles. The van der Waals surface area contributed by atoms with Crippen molar-refractivity contribution >= 4 is 28.2 Å². The maximum absolute atomic E-state index is 13.5. The van der Waals surface area contributed by atoms with Crippen molar-refractivity contribution in [2.24, 2.45) is 0 Å².